The summed E-state index contributed by atoms with van der Waals surface area (Å²) >= 11 is 0. The molecule has 5 nitrogen and oxygen atoms in total. The molecule has 5 rings (SSSR count). The fourth-order valence-electron chi connectivity index (χ4n) is 4.63. The first-order valence-electron chi connectivity index (χ1n) is 9.57. The van der Waals surface area contributed by atoms with Crippen LogP contribution in [0.15, 0.2) is 36.4 Å². The number of aromatic nitrogens is 1. The van der Waals surface area contributed by atoms with E-state index in [0.29, 0.717) is 17.2 Å². The summed E-state index contributed by atoms with van der Waals surface area (Å²) in [5.41, 5.74) is 1.67. The molecule has 2 aromatic rings. The number of para-hydroxylation sites is 1. The van der Waals surface area contributed by atoms with Crippen LogP contribution in [0.1, 0.15) is 49.0 Å². The zero-order valence-electron chi connectivity index (χ0n) is 14.7. The second-order valence-electron chi connectivity index (χ2n) is 8.36. The zero-order chi connectivity index (χ0) is 17.7. The van der Waals surface area contributed by atoms with Crippen molar-refractivity contribution in [2.45, 2.75) is 50.6 Å². The minimum atomic E-state index is -0.0893. The Kier molecular flexibility index (Phi) is 3.52. The molecule has 3 fully saturated rings. The predicted octanol–water partition coefficient (Wildman–Crippen LogP) is 2.80. The highest BCUT2D eigenvalue weighted by Gasteiger charge is 2.53. The van der Waals surface area contributed by atoms with Crippen molar-refractivity contribution in [1.29, 1.82) is 0 Å². The molecule has 0 unspecified atom stereocenters. The van der Waals surface area contributed by atoms with Crippen LogP contribution in [0.25, 0.3) is 10.9 Å². The summed E-state index contributed by atoms with van der Waals surface area (Å²) in [4.78, 5) is 28.7. The summed E-state index contributed by atoms with van der Waals surface area (Å²) in [6.07, 6.45) is 6.27. The van der Waals surface area contributed by atoms with Gasteiger partial charge in [-0.1, -0.05) is 24.3 Å². The number of benzene rings is 1. The standard InChI is InChI=1S/C21H23N3O2/c25-19(14-5-6-14)22-15-9-21(10-15)11-16(12-21)23-20(26)18-8-7-13-3-1-2-4-17(13)24-18/h1-4,7-8,14-16H,5-6,9-12H2,(H,22,25)(H,23,26). The molecule has 2 amide bonds. The van der Waals surface area contributed by atoms with Crippen molar-refractivity contribution in [2.75, 3.05) is 0 Å². The molecule has 3 aliphatic carbocycles. The monoisotopic (exact) mass is 349 g/mol. The molecule has 1 aromatic heterocycles. The number of fused-ring (bicyclic) bond motifs is 1. The van der Waals surface area contributed by atoms with Crippen LogP contribution in [0.5, 0.6) is 0 Å². The fourth-order valence-corrected chi connectivity index (χ4v) is 4.63. The van der Waals surface area contributed by atoms with Crippen molar-refractivity contribution in [3.8, 4) is 0 Å². The van der Waals surface area contributed by atoms with Crippen LogP contribution < -0.4 is 10.6 Å². The summed E-state index contributed by atoms with van der Waals surface area (Å²) in [6, 6.07) is 12.1. The molecule has 0 saturated heterocycles. The van der Waals surface area contributed by atoms with E-state index in [4.69, 9.17) is 0 Å². The van der Waals surface area contributed by atoms with E-state index in [1.807, 2.05) is 30.3 Å². The van der Waals surface area contributed by atoms with Crippen molar-refractivity contribution in [2.24, 2.45) is 11.3 Å². The average molecular weight is 349 g/mol. The van der Waals surface area contributed by atoms with Gasteiger partial charge in [0.1, 0.15) is 5.69 Å². The Hall–Kier alpha value is -2.43. The summed E-state index contributed by atoms with van der Waals surface area (Å²) < 4.78 is 0. The highest BCUT2D eigenvalue weighted by Crippen LogP contribution is 2.56. The number of hydrogen-bond acceptors (Lipinski definition) is 3. The molecule has 3 saturated carbocycles. The van der Waals surface area contributed by atoms with Crippen LogP contribution >= 0.6 is 0 Å². The third kappa shape index (κ3) is 2.85. The molecule has 2 N–H and O–H groups in total. The number of amides is 2. The number of carbonyl (C=O) groups excluding carboxylic acids is 2. The molecule has 0 bridgehead atoms. The van der Waals surface area contributed by atoms with E-state index in [2.05, 4.69) is 15.6 Å². The van der Waals surface area contributed by atoms with Crippen LogP contribution in [0.3, 0.4) is 0 Å². The fraction of sp³-hybridized carbons (Fsp3) is 0.476. The lowest BCUT2D eigenvalue weighted by Gasteiger charge is -2.57. The first kappa shape index (κ1) is 15.8. The highest BCUT2D eigenvalue weighted by atomic mass is 16.2. The van der Waals surface area contributed by atoms with E-state index < -0.39 is 0 Å². The van der Waals surface area contributed by atoms with E-state index in [1.54, 1.807) is 6.07 Å². The lowest BCUT2D eigenvalue weighted by molar-refractivity contribution is -0.126. The summed E-state index contributed by atoms with van der Waals surface area (Å²) in [7, 11) is 0. The topological polar surface area (TPSA) is 71.1 Å². The summed E-state index contributed by atoms with van der Waals surface area (Å²) in [5.74, 6) is 0.444. The molecule has 1 heterocycles. The van der Waals surface area contributed by atoms with Crippen molar-refractivity contribution >= 4 is 22.7 Å². The SMILES string of the molecule is O=C(NC1CC2(C1)CC(NC(=O)C1CC1)C2)c1ccc2ccccc2n1. The third-order valence-corrected chi connectivity index (χ3v) is 6.18. The lowest BCUT2D eigenvalue weighted by Crippen LogP contribution is -2.61. The first-order chi connectivity index (χ1) is 12.6. The Morgan fingerprint density at radius 3 is 2.35 bits per heavy atom. The van der Waals surface area contributed by atoms with Gasteiger partial charge >= 0.3 is 0 Å². The maximum atomic E-state index is 12.5. The maximum absolute atomic E-state index is 12.5. The molecule has 0 atom stereocenters. The zero-order valence-corrected chi connectivity index (χ0v) is 14.7. The average Bonchev–Trinajstić information content (AvgIpc) is 3.42. The van der Waals surface area contributed by atoms with Crippen LogP contribution in [0, 0.1) is 11.3 Å². The highest BCUT2D eigenvalue weighted by molar-refractivity contribution is 5.95. The van der Waals surface area contributed by atoms with Gasteiger partial charge in [-0.25, -0.2) is 4.98 Å². The van der Waals surface area contributed by atoms with Crippen molar-refractivity contribution < 1.29 is 9.59 Å². The molecule has 1 aromatic carbocycles. The number of rotatable bonds is 4. The molecule has 1 spiro atoms. The van der Waals surface area contributed by atoms with Crippen molar-refractivity contribution in [1.82, 2.24) is 15.6 Å². The molecule has 5 heteroatoms. The summed E-state index contributed by atoms with van der Waals surface area (Å²) in [6.45, 7) is 0. The lowest BCUT2D eigenvalue weighted by atomic mass is 9.52. The number of pyridine rings is 1. The van der Waals surface area contributed by atoms with Gasteiger partial charge in [-0.15, -0.1) is 0 Å². The van der Waals surface area contributed by atoms with Gasteiger partial charge < -0.3 is 10.6 Å². The van der Waals surface area contributed by atoms with E-state index >= 15 is 0 Å². The quantitative estimate of drug-likeness (QED) is 0.892. The number of carbonyl (C=O) groups is 2. The molecule has 0 aliphatic heterocycles. The molecule has 134 valence electrons. The van der Waals surface area contributed by atoms with Gasteiger partial charge in [0.2, 0.25) is 5.91 Å². The molecule has 3 aliphatic rings. The van der Waals surface area contributed by atoms with Crippen molar-refractivity contribution in [3.63, 3.8) is 0 Å². The molecular weight excluding hydrogens is 326 g/mol. The second-order valence-corrected chi connectivity index (χ2v) is 8.36. The first-order valence-corrected chi connectivity index (χ1v) is 9.57. The van der Waals surface area contributed by atoms with Gasteiger partial charge in [0.15, 0.2) is 0 Å². The second kappa shape index (κ2) is 5.79. The minimum absolute atomic E-state index is 0.0893. The third-order valence-electron chi connectivity index (χ3n) is 6.18. The Bertz CT molecular complexity index is 876. The van der Waals surface area contributed by atoms with E-state index in [1.165, 1.54) is 0 Å². The Labute approximate surface area is 152 Å². The smallest absolute Gasteiger partial charge is 0.270 e. The van der Waals surface area contributed by atoms with Gasteiger partial charge in [-0.05, 0) is 56.1 Å². The van der Waals surface area contributed by atoms with Gasteiger partial charge in [0.25, 0.3) is 5.91 Å². The molecule has 0 radical (unpaired) electrons. The Balaban J connectivity index is 1.12. The predicted molar refractivity (Wildman–Crippen MR) is 98.6 cm³/mol. The van der Waals surface area contributed by atoms with Crippen LogP contribution in [-0.2, 0) is 4.79 Å². The van der Waals surface area contributed by atoms with Crippen LogP contribution in [0.4, 0.5) is 0 Å². The van der Waals surface area contributed by atoms with E-state index in [-0.39, 0.29) is 23.8 Å². The maximum Gasteiger partial charge on any atom is 0.270 e. The Morgan fingerprint density at radius 2 is 1.62 bits per heavy atom. The Morgan fingerprint density at radius 1 is 0.923 bits per heavy atom. The minimum Gasteiger partial charge on any atom is -0.353 e. The van der Waals surface area contributed by atoms with E-state index in [0.717, 1.165) is 49.4 Å². The summed E-state index contributed by atoms with van der Waals surface area (Å²) in [5, 5.41) is 7.32. The molecular formula is C21H23N3O2. The number of nitrogens with zero attached hydrogens (tertiary/aromatic N) is 1. The van der Waals surface area contributed by atoms with Crippen LogP contribution in [0.2, 0.25) is 0 Å². The van der Waals surface area contributed by atoms with Gasteiger partial charge in [0.05, 0.1) is 5.52 Å². The van der Waals surface area contributed by atoms with Gasteiger partial charge in [-0.3, -0.25) is 9.59 Å². The van der Waals surface area contributed by atoms with Crippen LogP contribution in [-0.4, -0.2) is 28.9 Å². The molecule has 26 heavy (non-hydrogen) atoms. The normalized spacial score (nSPS) is 29.7. The largest absolute Gasteiger partial charge is 0.353 e. The number of hydrogen-bond donors (Lipinski definition) is 2. The van der Waals surface area contributed by atoms with Gasteiger partial charge in [0, 0.05) is 23.4 Å². The van der Waals surface area contributed by atoms with E-state index in [9.17, 15) is 9.59 Å². The number of nitrogens with one attached hydrogen (secondary N) is 2. The van der Waals surface area contributed by atoms with Crippen molar-refractivity contribution in [3.05, 3.63) is 42.1 Å². The van der Waals surface area contributed by atoms with Gasteiger partial charge in [-0.2, -0.15) is 0 Å².